The molecule has 0 saturated heterocycles. The summed E-state index contributed by atoms with van der Waals surface area (Å²) in [5, 5.41) is 11.8. The lowest BCUT2D eigenvalue weighted by molar-refractivity contribution is -0.143. The molecule has 0 spiro atoms. The van der Waals surface area contributed by atoms with Crippen LogP contribution in [0.1, 0.15) is 19.3 Å². The standard InChI is InChI=1S/C10H15NO4/c1-15-10(14)8-4-7(8)9(13)11-5-2-6(12)3-5/h5-8,12H,2-4H2,1H3,(H,11,13). The number of nitrogens with one attached hydrogen (secondary N) is 1. The zero-order valence-corrected chi connectivity index (χ0v) is 8.60. The molecule has 1 amide bonds. The van der Waals surface area contributed by atoms with Crippen LogP contribution in [0.15, 0.2) is 0 Å². The first-order valence-corrected chi connectivity index (χ1v) is 5.18. The van der Waals surface area contributed by atoms with E-state index < -0.39 is 0 Å². The smallest absolute Gasteiger partial charge is 0.309 e. The monoisotopic (exact) mass is 213 g/mol. The van der Waals surface area contributed by atoms with Crippen molar-refractivity contribution < 1.29 is 19.4 Å². The van der Waals surface area contributed by atoms with Crippen molar-refractivity contribution in [2.24, 2.45) is 11.8 Å². The molecule has 15 heavy (non-hydrogen) atoms. The van der Waals surface area contributed by atoms with E-state index in [0.29, 0.717) is 19.3 Å². The number of aliphatic hydroxyl groups is 1. The maximum Gasteiger partial charge on any atom is 0.309 e. The molecular weight excluding hydrogens is 198 g/mol. The molecule has 0 radical (unpaired) electrons. The lowest BCUT2D eigenvalue weighted by atomic mass is 9.89. The van der Waals surface area contributed by atoms with Crippen molar-refractivity contribution in [3.63, 3.8) is 0 Å². The second-order valence-corrected chi connectivity index (χ2v) is 4.30. The van der Waals surface area contributed by atoms with Crippen LogP contribution in [-0.4, -0.2) is 36.2 Å². The molecule has 5 heteroatoms. The minimum atomic E-state index is -0.302. The Morgan fingerprint density at radius 2 is 1.93 bits per heavy atom. The minimum Gasteiger partial charge on any atom is -0.469 e. The molecule has 2 unspecified atom stereocenters. The Bertz CT molecular complexity index is 285. The number of hydrogen-bond acceptors (Lipinski definition) is 4. The fourth-order valence-electron chi connectivity index (χ4n) is 1.91. The van der Waals surface area contributed by atoms with Crippen LogP contribution < -0.4 is 5.32 Å². The molecule has 0 aromatic heterocycles. The third-order valence-electron chi connectivity index (χ3n) is 3.09. The first-order valence-electron chi connectivity index (χ1n) is 5.18. The lowest BCUT2D eigenvalue weighted by Crippen LogP contribution is -2.47. The molecule has 0 heterocycles. The molecular formula is C10H15NO4. The SMILES string of the molecule is COC(=O)C1CC1C(=O)NC1CC(O)C1. The second-order valence-electron chi connectivity index (χ2n) is 4.30. The summed E-state index contributed by atoms with van der Waals surface area (Å²) in [6.07, 6.45) is 1.57. The topological polar surface area (TPSA) is 75.6 Å². The normalized spacial score (nSPS) is 37.7. The number of methoxy groups -OCH3 is 1. The Morgan fingerprint density at radius 1 is 1.27 bits per heavy atom. The van der Waals surface area contributed by atoms with Crippen LogP contribution in [0.4, 0.5) is 0 Å². The summed E-state index contributed by atoms with van der Waals surface area (Å²) >= 11 is 0. The number of carbonyl (C=O) groups is 2. The molecule has 5 nitrogen and oxygen atoms in total. The quantitative estimate of drug-likeness (QED) is 0.616. The van der Waals surface area contributed by atoms with Crippen LogP contribution in [-0.2, 0) is 14.3 Å². The van der Waals surface area contributed by atoms with E-state index in [9.17, 15) is 9.59 Å². The highest BCUT2D eigenvalue weighted by molar-refractivity contribution is 5.90. The van der Waals surface area contributed by atoms with Crippen molar-refractivity contribution in [1.82, 2.24) is 5.32 Å². The molecule has 0 bridgehead atoms. The van der Waals surface area contributed by atoms with Gasteiger partial charge < -0.3 is 15.2 Å². The number of hydrogen-bond donors (Lipinski definition) is 2. The van der Waals surface area contributed by atoms with Gasteiger partial charge in [0, 0.05) is 6.04 Å². The van der Waals surface area contributed by atoms with Crippen molar-refractivity contribution >= 4 is 11.9 Å². The Labute approximate surface area is 87.8 Å². The fourth-order valence-corrected chi connectivity index (χ4v) is 1.91. The van der Waals surface area contributed by atoms with Gasteiger partial charge in [-0.15, -0.1) is 0 Å². The summed E-state index contributed by atoms with van der Waals surface area (Å²) in [6, 6.07) is 0.0893. The van der Waals surface area contributed by atoms with Gasteiger partial charge in [-0.1, -0.05) is 0 Å². The molecule has 2 N–H and O–H groups in total. The average Bonchev–Trinajstić information content (AvgIpc) is 2.93. The van der Waals surface area contributed by atoms with Gasteiger partial charge in [0.1, 0.15) is 0 Å². The van der Waals surface area contributed by atoms with E-state index in [4.69, 9.17) is 5.11 Å². The van der Waals surface area contributed by atoms with Gasteiger partial charge in [0.25, 0.3) is 0 Å². The summed E-state index contributed by atoms with van der Waals surface area (Å²) in [7, 11) is 1.33. The third-order valence-corrected chi connectivity index (χ3v) is 3.09. The molecule has 2 aliphatic rings. The van der Waals surface area contributed by atoms with Gasteiger partial charge in [-0.05, 0) is 19.3 Å². The highest BCUT2D eigenvalue weighted by Crippen LogP contribution is 2.39. The molecule has 0 aliphatic heterocycles. The zero-order chi connectivity index (χ0) is 11.0. The molecule has 2 rings (SSSR count). The second kappa shape index (κ2) is 3.81. The zero-order valence-electron chi connectivity index (χ0n) is 8.60. The predicted molar refractivity (Wildman–Crippen MR) is 50.8 cm³/mol. The number of rotatable bonds is 3. The number of aliphatic hydroxyl groups excluding tert-OH is 1. The number of ether oxygens (including phenoxy) is 1. The van der Waals surface area contributed by atoms with E-state index in [0.717, 1.165) is 0 Å². The molecule has 2 atom stereocenters. The van der Waals surface area contributed by atoms with Crippen LogP contribution in [0.5, 0.6) is 0 Å². The van der Waals surface area contributed by atoms with Crippen molar-refractivity contribution in [2.75, 3.05) is 7.11 Å². The van der Waals surface area contributed by atoms with E-state index in [1.54, 1.807) is 0 Å². The first-order chi connectivity index (χ1) is 7.11. The molecule has 2 fully saturated rings. The van der Waals surface area contributed by atoms with Gasteiger partial charge in [0.05, 0.1) is 25.0 Å². The number of esters is 1. The Balaban J connectivity index is 1.72. The number of carbonyl (C=O) groups excluding carboxylic acids is 2. The highest BCUT2D eigenvalue weighted by atomic mass is 16.5. The molecule has 2 aliphatic carbocycles. The molecule has 0 aromatic carbocycles. The summed E-state index contributed by atoms with van der Waals surface area (Å²) in [6.45, 7) is 0. The summed E-state index contributed by atoms with van der Waals surface area (Å²) in [4.78, 5) is 22.6. The van der Waals surface area contributed by atoms with E-state index in [2.05, 4.69) is 10.1 Å². The first kappa shape index (κ1) is 10.4. The van der Waals surface area contributed by atoms with E-state index in [1.807, 2.05) is 0 Å². The summed E-state index contributed by atoms with van der Waals surface area (Å²) in [5.74, 6) is -0.846. The maximum absolute atomic E-state index is 11.5. The van der Waals surface area contributed by atoms with Crippen LogP contribution >= 0.6 is 0 Å². The largest absolute Gasteiger partial charge is 0.469 e. The van der Waals surface area contributed by atoms with Gasteiger partial charge in [-0.2, -0.15) is 0 Å². The lowest BCUT2D eigenvalue weighted by Gasteiger charge is -2.31. The van der Waals surface area contributed by atoms with Gasteiger partial charge in [-0.25, -0.2) is 0 Å². The van der Waals surface area contributed by atoms with E-state index >= 15 is 0 Å². The fraction of sp³-hybridized carbons (Fsp3) is 0.800. The van der Waals surface area contributed by atoms with Crippen molar-refractivity contribution in [3.8, 4) is 0 Å². The van der Waals surface area contributed by atoms with E-state index in [-0.39, 0.29) is 35.9 Å². The average molecular weight is 213 g/mol. The Kier molecular flexibility index (Phi) is 2.65. The Morgan fingerprint density at radius 3 is 2.47 bits per heavy atom. The van der Waals surface area contributed by atoms with Gasteiger partial charge >= 0.3 is 5.97 Å². The highest BCUT2D eigenvalue weighted by Gasteiger charge is 2.49. The predicted octanol–water partition coefficient (Wildman–Crippen LogP) is -0.565. The molecule has 2 saturated carbocycles. The van der Waals surface area contributed by atoms with Crippen LogP contribution in [0, 0.1) is 11.8 Å². The van der Waals surface area contributed by atoms with E-state index in [1.165, 1.54) is 7.11 Å². The van der Waals surface area contributed by atoms with Crippen LogP contribution in [0.3, 0.4) is 0 Å². The van der Waals surface area contributed by atoms with Gasteiger partial charge in [-0.3, -0.25) is 9.59 Å². The molecule has 0 aromatic rings. The van der Waals surface area contributed by atoms with Crippen LogP contribution in [0.25, 0.3) is 0 Å². The number of amides is 1. The third kappa shape index (κ3) is 2.12. The van der Waals surface area contributed by atoms with Crippen LogP contribution in [0.2, 0.25) is 0 Å². The maximum atomic E-state index is 11.5. The minimum absolute atomic E-state index is 0.0812. The van der Waals surface area contributed by atoms with Crippen molar-refractivity contribution in [3.05, 3.63) is 0 Å². The van der Waals surface area contributed by atoms with Crippen molar-refractivity contribution in [1.29, 1.82) is 0 Å². The van der Waals surface area contributed by atoms with Gasteiger partial charge in [0.2, 0.25) is 5.91 Å². The Hall–Kier alpha value is -1.10. The summed E-state index contributed by atoms with van der Waals surface area (Å²) < 4.78 is 4.56. The summed E-state index contributed by atoms with van der Waals surface area (Å²) in [5.41, 5.74) is 0. The molecule has 84 valence electrons. The van der Waals surface area contributed by atoms with Crippen molar-refractivity contribution in [2.45, 2.75) is 31.4 Å². The van der Waals surface area contributed by atoms with Gasteiger partial charge in [0.15, 0.2) is 0 Å².